The minimum Gasteiger partial charge on any atom is -0.468 e. The van der Waals surface area contributed by atoms with Crippen LogP contribution in [0.3, 0.4) is 0 Å². The Morgan fingerprint density at radius 2 is 2.06 bits per heavy atom. The first kappa shape index (κ1) is 15.5. The van der Waals surface area contributed by atoms with Gasteiger partial charge in [0.05, 0.1) is 12.8 Å². The van der Waals surface area contributed by atoms with Gasteiger partial charge in [-0.15, -0.1) is 12.4 Å². The standard InChI is InChI=1S/C13H23NO.ClH/c1-11(2)8-13(3,4)10-14-9-12-6-5-7-15-12;/h5-7,11,14H,8-10H2,1-4H3;1H. The van der Waals surface area contributed by atoms with E-state index in [1.54, 1.807) is 6.26 Å². The Morgan fingerprint density at radius 3 is 2.56 bits per heavy atom. The number of hydrogen-bond acceptors (Lipinski definition) is 2. The van der Waals surface area contributed by atoms with E-state index in [0.29, 0.717) is 5.41 Å². The van der Waals surface area contributed by atoms with Crippen LogP contribution in [0.2, 0.25) is 0 Å². The smallest absolute Gasteiger partial charge is 0.117 e. The van der Waals surface area contributed by atoms with Crippen molar-refractivity contribution < 1.29 is 4.42 Å². The highest BCUT2D eigenvalue weighted by Gasteiger charge is 2.18. The summed E-state index contributed by atoms with van der Waals surface area (Å²) in [7, 11) is 0. The first-order valence-corrected chi connectivity index (χ1v) is 5.73. The topological polar surface area (TPSA) is 25.2 Å². The van der Waals surface area contributed by atoms with Gasteiger partial charge in [-0.3, -0.25) is 0 Å². The van der Waals surface area contributed by atoms with E-state index in [9.17, 15) is 0 Å². The number of furan rings is 1. The summed E-state index contributed by atoms with van der Waals surface area (Å²) in [5.74, 6) is 1.76. The van der Waals surface area contributed by atoms with Gasteiger partial charge in [0.2, 0.25) is 0 Å². The lowest BCUT2D eigenvalue weighted by molar-refractivity contribution is 0.269. The third kappa shape index (κ3) is 6.19. The molecule has 94 valence electrons. The van der Waals surface area contributed by atoms with Gasteiger partial charge in [-0.05, 0) is 29.9 Å². The number of nitrogens with one attached hydrogen (secondary N) is 1. The van der Waals surface area contributed by atoms with Crippen LogP contribution in [-0.4, -0.2) is 6.54 Å². The van der Waals surface area contributed by atoms with Crippen molar-refractivity contribution in [3.63, 3.8) is 0 Å². The molecule has 0 aliphatic rings. The summed E-state index contributed by atoms with van der Waals surface area (Å²) in [6, 6.07) is 3.93. The van der Waals surface area contributed by atoms with Crippen molar-refractivity contribution in [1.82, 2.24) is 5.32 Å². The first-order valence-electron chi connectivity index (χ1n) is 5.73. The molecule has 0 atom stereocenters. The van der Waals surface area contributed by atoms with Crippen molar-refractivity contribution in [2.75, 3.05) is 6.54 Å². The van der Waals surface area contributed by atoms with Crippen LogP contribution in [0.15, 0.2) is 22.8 Å². The fourth-order valence-electron chi connectivity index (χ4n) is 2.11. The molecule has 0 aromatic carbocycles. The molecule has 0 bridgehead atoms. The molecule has 0 saturated heterocycles. The van der Waals surface area contributed by atoms with Gasteiger partial charge < -0.3 is 9.73 Å². The Balaban J connectivity index is 0.00000225. The summed E-state index contributed by atoms with van der Waals surface area (Å²) in [6.07, 6.45) is 2.97. The Labute approximate surface area is 105 Å². The summed E-state index contributed by atoms with van der Waals surface area (Å²) in [4.78, 5) is 0. The molecule has 0 aliphatic heterocycles. The van der Waals surface area contributed by atoms with Gasteiger partial charge in [0, 0.05) is 6.54 Å². The van der Waals surface area contributed by atoms with E-state index >= 15 is 0 Å². The van der Waals surface area contributed by atoms with Crippen molar-refractivity contribution in [2.24, 2.45) is 11.3 Å². The van der Waals surface area contributed by atoms with Crippen LogP contribution < -0.4 is 5.32 Å². The molecular weight excluding hydrogens is 222 g/mol. The fraction of sp³-hybridized carbons (Fsp3) is 0.692. The van der Waals surface area contributed by atoms with Crippen molar-refractivity contribution in [2.45, 2.75) is 40.7 Å². The van der Waals surface area contributed by atoms with Crippen molar-refractivity contribution >= 4 is 12.4 Å². The lowest BCUT2D eigenvalue weighted by Gasteiger charge is -2.26. The lowest BCUT2D eigenvalue weighted by atomic mass is 9.84. The normalized spacial score (nSPS) is 11.6. The summed E-state index contributed by atoms with van der Waals surface area (Å²) < 4.78 is 5.27. The number of rotatable bonds is 6. The van der Waals surface area contributed by atoms with Crippen LogP contribution >= 0.6 is 12.4 Å². The van der Waals surface area contributed by atoms with Gasteiger partial charge in [-0.25, -0.2) is 0 Å². The molecule has 1 aromatic heterocycles. The van der Waals surface area contributed by atoms with Gasteiger partial charge in [-0.2, -0.15) is 0 Å². The maximum Gasteiger partial charge on any atom is 0.117 e. The summed E-state index contributed by atoms with van der Waals surface area (Å²) in [5.41, 5.74) is 0.362. The summed E-state index contributed by atoms with van der Waals surface area (Å²) in [6.45, 7) is 11.0. The SMILES string of the molecule is CC(C)CC(C)(C)CNCc1ccco1.Cl. The molecule has 0 amide bonds. The molecule has 1 aromatic rings. The monoisotopic (exact) mass is 245 g/mol. The van der Waals surface area contributed by atoms with E-state index in [4.69, 9.17) is 4.42 Å². The van der Waals surface area contributed by atoms with E-state index in [2.05, 4.69) is 33.0 Å². The molecule has 0 spiro atoms. The predicted molar refractivity (Wildman–Crippen MR) is 70.9 cm³/mol. The Kier molecular flexibility index (Phi) is 6.77. The third-order valence-corrected chi connectivity index (χ3v) is 2.44. The van der Waals surface area contributed by atoms with Gasteiger partial charge in [0.1, 0.15) is 5.76 Å². The number of hydrogen-bond donors (Lipinski definition) is 1. The quantitative estimate of drug-likeness (QED) is 0.823. The largest absolute Gasteiger partial charge is 0.468 e. The van der Waals surface area contributed by atoms with E-state index in [1.165, 1.54) is 6.42 Å². The van der Waals surface area contributed by atoms with Crippen LogP contribution in [-0.2, 0) is 6.54 Å². The zero-order valence-corrected chi connectivity index (χ0v) is 11.6. The molecule has 0 saturated carbocycles. The number of halogens is 1. The molecule has 0 unspecified atom stereocenters. The van der Waals surface area contributed by atoms with Gasteiger partial charge in [0.15, 0.2) is 0 Å². The van der Waals surface area contributed by atoms with Gasteiger partial charge in [0.25, 0.3) is 0 Å². The van der Waals surface area contributed by atoms with Crippen LogP contribution in [0.1, 0.15) is 39.9 Å². The van der Waals surface area contributed by atoms with E-state index in [0.717, 1.165) is 24.8 Å². The van der Waals surface area contributed by atoms with E-state index in [1.807, 2.05) is 12.1 Å². The van der Waals surface area contributed by atoms with Crippen LogP contribution in [0.25, 0.3) is 0 Å². The maximum absolute atomic E-state index is 5.27. The summed E-state index contributed by atoms with van der Waals surface area (Å²) in [5, 5.41) is 3.44. The second kappa shape index (κ2) is 6.97. The average Bonchev–Trinajstić information content (AvgIpc) is 2.53. The van der Waals surface area contributed by atoms with Crippen molar-refractivity contribution in [1.29, 1.82) is 0 Å². The van der Waals surface area contributed by atoms with E-state index < -0.39 is 0 Å². The molecule has 0 radical (unpaired) electrons. The van der Waals surface area contributed by atoms with Gasteiger partial charge in [-0.1, -0.05) is 27.7 Å². The predicted octanol–water partition coefficient (Wildman–Crippen LogP) is 3.86. The van der Waals surface area contributed by atoms with E-state index in [-0.39, 0.29) is 12.4 Å². The Hall–Kier alpha value is -0.470. The Bertz CT molecular complexity index is 267. The van der Waals surface area contributed by atoms with Crippen LogP contribution in [0, 0.1) is 11.3 Å². The zero-order chi connectivity index (χ0) is 11.3. The summed E-state index contributed by atoms with van der Waals surface area (Å²) >= 11 is 0. The van der Waals surface area contributed by atoms with Crippen molar-refractivity contribution in [3.05, 3.63) is 24.2 Å². The highest BCUT2D eigenvalue weighted by molar-refractivity contribution is 5.85. The highest BCUT2D eigenvalue weighted by Crippen LogP contribution is 2.24. The molecule has 1 rings (SSSR count). The van der Waals surface area contributed by atoms with Crippen molar-refractivity contribution in [3.8, 4) is 0 Å². The lowest BCUT2D eigenvalue weighted by Crippen LogP contribution is -2.30. The molecule has 0 fully saturated rings. The molecule has 1 N–H and O–H groups in total. The average molecular weight is 246 g/mol. The molecule has 3 heteroatoms. The molecule has 2 nitrogen and oxygen atoms in total. The third-order valence-electron chi connectivity index (χ3n) is 2.44. The molecule has 16 heavy (non-hydrogen) atoms. The second-order valence-corrected chi connectivity index (χ2v) is 5.45. The van der Waals surface area contributed by atoms with Crippen LogP contribution in [0.5, 0.6) is 0 Å². The molecule has 1 heterocycles. The zero-order valence-electron chi connectivity index (χ0n) is 10.7. The van der Waals surface area contributed by atoms with Gasteiger partial charge >= 0.3 is 0 Å². The molecular formula is C13H24ClNO. The minimum atomic E-state index is 0. The highest BCUT2D eigenvalue weighted by atomic mass is 35.5. The second-order valence-electron chi connectivity index (χ2n) is 5.45. The Morgan fingerprint density at radius 1 is 1.38 bits per heavy atom. The first-order chi connectivity index (χ1) is 6.99. The fourth-order valence-corrected chi connectivity index (χ4v) is 2.11. The maximum atomic E-state index is 5.27. The molecule has 0 aliphatic carbocycles. The van der Waals surface area contributed by atoms with Crippen LogP contribution in [0.4, 0.5) is 0 Å². The minimum absolute atomic E-state index is 0.